The van der Waals surface area contributed by atoms with Crippen LogP contribution < -0.4 is 10.6 Å². The van der Waals surface area contributed by atoms with Gasteiger partial charge in [-0.15, -0.1) is 0 Å². The second-order valence-electron chi connectivity index (χ2n) is 3.71. The third-order valence-electron chi connectivity index (χ3n) is 2.16. The van der Waals surface area contributed by atoms with Crippen LogP contribution in [0.4, 0.5) is 10.5 Å². The predicted octanol–water partition coefficient (Wildman–Crippen LogP) is 2.26. The van der Waals surface area contributed by atoms with Gasteiger partial charge < -0.3 is 20.8 Å². The van der Waals surface area contributed by atoms with Crippen LogP contribution >= 0.6 is 31.9 Å². The molecule has 1 atom stereocenters. The summed E-state index contributed by atoms with van der Waals surface area (Å²) < 4.78 is 1.32. The summed E-state index contributed by atoms with van der Waals surface area (Å²) in [6, 6.07) is 2.73. The van der Waals surface area contributed by atoms with Crippen molar-refractivity contribution in [3.63, 3.8) is 0 Å². The highest BCUT2D eigenvalue weighted by Gasteiger charge is 2.23. The molecule has 1 aromatic rings. The van der Waals surface area contributed by atoms with Crippen LogP contribution in [0.15, 0.2) is 27.1 Å². The van der Waals surface area contributed by atoms with Gasteiger partial charge in [-0.2, -0.15) is 0 Å². The van der Waals surface area contributed by atoms with E-state index < -0.39 is 30.4 Å². The molecule has 0 bridgehead atoms. The summed E-state index contributed by atoms with van der Waals surface area (Å²) in [7, 11) is 0. The van der Waals surface area contributed by atoms with Crippen molar-refractivity contribution < 1.29 is 24.6 Å². The van der Waals surface area contributed by atoms with Crippen LogP contribution in [-0.2, 0) is 9.59 Å². The zero-order valence-electron chi connectivity index (χ0n) is 9.89. The summed E-state index contributed by atoms with van der Waals surface area (Å²) in [6.07, 6.45) is -0.706. The van der Waals surface area contributed by atoms with Crippen molar-refractivity contribution in [1.82, 2.24) is 5.32 Å². The molecule has 0 saturated carbocycles. The van der Waals surface area contributed by atoms with Crippen LogP contribution in [-0.4, -0.2) is 34.2 Å². The van der Waals surface area contributed by atoms with E-state index in [1.165, 1.54) is 0 Å². The molecule has 0 aliphatic rings. The van der Waals surface area contributed by atoms with Gasteiger partial charge in [0.2, 0.25) is 0 Å². The van der Waals surface area contributed by atoms with Gasteiger partial charge in [-0.1, -0.05) is 15.9 Å². The zero-order valence-corrected chi connectivity index (χ0v) is 13.1. The second kappa shape index (κ2) is 7.25. The lowest BCUT2D eigenvalue weighted by Crippen LogP contribution is -2.44. The van der Waals surface area contributed by atoms with Crippen LogP contribution in [0.2, 0.25) is 0 Å². The largest absolute Gasteiger partial charge is 0.481 e. The number of carbonyl (C=O) groups excluding carboxylic acids is 1. The van der Waals surface area contributed by atoms with E-state index in [1.807, 2.05) is 0 Å². The molecule has 0 fully saturated rings. The van der Waals surface area contributed by atoms with Crippen LogP contribution in [0.3, 0.4) is 0 Å². The smallest absolute Gasteiger partial charge is 0.326 e. The van der Waals surface area contributed by atoms with Gasteiger partial charge in [0, 0.05) is 8.95 Å². The first-order valence-corrected chi connectivity index (χ1v) is 6.85. The Labute approximate surface area is 130 Å². The number of benzene rings is 1. The van der Waals surface area contributed by atoms with E-state index in [1.54, 1.807) is 18.2 Å². The van der Waals surface area contributed by atoms with E-state index in [4.69, 9.17) is 10.2 Å². The number of urea groups is 1. The molecule has 0 aromatic heterocycles. The van der Waals surface area contributed by atoms with Crippen molar-refractivity contribution in [1.29, 1.82) is 0 Å². The van der Waals surface area contributed by atoms with Gasteiger partial charge in [0.25, 0.3) is 0 Å². The van der Waals surface area contributed by atoms with Gasteiger partial charge in [0.1, 0.15) is 6.04 Å². The molecule has 20 heavy (non-hydrogen) atoms. The summed E-state index contributed by atoms with van der Waals surface area (Å²) in [5.74, 6) is -2.74. The van der Waals surface area contributed by atoms with E-state index in [-0.39, 0.29) is 0 Å². The van der Waals surface area contributed by atoms with Gasteiger partial charge in [-0.25, -0.2) is 9.59 Å². The van der Waals surface area contributed by atoms with Gasteiger partial charge in [0.05, 0.1) is 12.1 Å². The van der Waals surface area contributed by atoms with Crippen LogP contribution in [0.25, 0.3) is 0 Å². The molecule has 7 nitrogen and oxygen atoms in total. The molecular weight excluding hydrogens is 400 g/mol. The number of carboxylic acids is 2. The van der Waals surface area contributed by atoms with Crippen molar-refractivity contribution in [3.05, 3.63) is 27.1 Å². The molecule has 0 radical (unpaired) electrons. The molecule has 1 aromatic carbocycles. The highest BCUT2D eigenvalue weighted by Crippen LogP contribution is 2.26. The third kappa shape index (κ3) is 5.17. The Morgan fingerprint density at radius 2 is 1.85 bits per heavy atom. The summed E-state index contributed by atoms with van der Waals surface area (Å²) in [5, 5.41) is 21.9. The monoisotopic (exact) mass is 408 g/mol. The van der Waals surface area contributed by atoms with Crippen LogP contribution in [0, 0.1) is 0 Å². The molecule has 0 spiro atoms. The standard InChI is InChI=1S/C11H10Br2N2O5/c12-5-1-2-6(13)7(3-5)14-11(20)15-8(10(18)19)4-9(16)17/h1-3,8H,4H2,(H,16,17)(H,18,19)(H2,14,15,20)/t8-/m1/s1. The van der Waals surface area contributed by atoms with Crippen molar-refractivity contribution in [2.24, 2.45) is 0 Å². The molecule has 4 N–H and O–H groups in total. The SMILES string of the molecule is O=C(O)C[C@@H](NC(=O)Nc1cc(Br)ccc1Br)C(=O)O. The van der Waals surface area contributed by atoms with Gasteiger partial charge in [-0.3, -0.25) is 4.79 Å². The van der Waals surface area contributed by atoms with E-state index >= 15 is 0 Å². The average molecular weight is 410 g/mol. The van der Waals surface area contributed by atoms with Crippen LogP contribution in [0.5, 0.6) is 0 Å². The Morgan fingerprint density at radius 3 is 2.40 bits per heavy atom. The Balaban J connectivity index is 2.72. The van der Waals surface area contributed by atoms with Gasteiger partial charge in [0.15, 0.2) is 0 Å². The summed E-state index contributed by atoms with van der Waals surface area (Å²) in [5.41, 5.74) is 0.413. The lowest BCUT2D eigenvalue weighted by atomic mass is 10.2. The number of aliphatic carboxylic acids is 2. The molecule has 0 aliphatic heterocycles. The van der Waals surface area contributed by atoms with Crippen molar-refractivity contribution in [2.75, 3.05) is 5.32 Å². The molecule has 9 heteroatoms. The number of hydrogen-bond donors (Lipinski definition) is 4. The van der Waals surface area contributed by atoms with Crippen LogP contribution in [0.1, 0.15) is 6.42 Å². The number of halogens is 2. The molecule has 108 valence electrons. The van der Waals surface area contributed by atoms with E-state index in [0.717, 1.165) is 4.47 Å². The predicted molar refractivity (Wildman–Crippen MR) is 77.7 cm³/mol. The number of rotatable bonds is 5. The molecule has 0 aliphatic carbocycles. The van der Waals surface area contributed by atoms with Crippen molar-refractivity contribution in [3.8, 4) is 0 Å². The number of carbonyl (C=O) groups is 3. The third-order valence-corrected chi connectivity index (χ3v) is 3.34. The molecule has 0 saturated heterocycles. The molecular formula is C11H10Br2N2O5. The zero-order chi connectivity index (χ0) is 15.3. The Morgan fingerprint density at radius 1 is 1.20 bits per heavy atom. The van der Waals surface area contributed by atoms with E-state index in [2.05, 4.69) is 42.5 Å². The normalized spacial score (nSPS) is 11.5. The maximum absolute atomic E-state index is 11.7. The summed E-state index contributed by atoms with van der Waals surface area (Å²) in [4.78, 5) is 33.0. The number of nitrogens with one attached hydrogen (secondary N) is 2. The first-order chi connectivity index (χ1) is 9.29. The molecule has 0 unspecified atom stereocenters. The Hall–Kier alpha value is -1.61. The first-order valence-electron chi connectivity index (χ1n) is 5.26. The summed E-state index contributed by atoms with van der Waals surface area (Å²) >= 11 is 6.45. The number of anilines is 1. The molecule has 0 heterocycles. The van der Waals surface area contributed by atoms with Gasteiger partial charge in [-0.05, 0) is 34.1 Å². The minimum Gasteiger partial charge on any atom is -0.481 e. The fourth-order valence-corrected chi connectivity index (χ4v) is 1.99. The number of carboxylic acid groups (broad SMARTS) is 2. The minimum atomic E-state index is -1.50. The lowest BCUT2D eigenvalue weighted by molar-refractivity contribution is -0.145. The highest BCUT2D eigenvalue weighted by atomic mass is 79.9. The van der Waals surface area contributed by atoms with Crippen molar-refractivity contribution in [2.45, 2.75) is 12.5 Å². The summed E-state index contributed by atoms with van der Waals surface area (Å²) in [6.45, 7) is 0. The number of hydrogen-bond acceptors (Lipinski definition) is 3. The fourth-order valence-electron chi connectivity index (χ4n) is 1.28. The average Bonchev–Trinajstić information content (AvgIpc) is 2.32. The number of amides is 2. The van der Waals surface area contributed by atoms with E-state index in [0.29, 0.717) is 10.2 Å². The lowest BCUT2D eigenvalue weighted by Gasteiger charge is -2.14. The Kier molecular flexibility index (Phi) is 5.96. The van der Waals surface area contributed by atoms with Crippen molar-refractivity contribution >= 4 is 55.5 Å². The first kappa shape index (κ1) is 16.4. The fraction of sp³-hybridized carbons (Fsp3) is 0.182. The highest BCUT2D eigenvalue weighted by molar-refractivity contribution is 9.11. The second-order valence-corrected chi connectivity index (χ2v) is 5.48. The minimum absolute atomic E-state index is 0.413. The topological polar surface area (TPSA) is 116 Å². The molecule has 1 rings (SSSR count). The van der Waals surface area contributed by atoms with Gasteiger partial charge >= 0.3 is 18.0 Å². The molecule has 2 amide bonds. The quantitative estimate of drug-likeness (QED) is 0.595. The maximum atomic E-state index is 11.7. The van der Waals surface area contributed by atoms with E-state index in [9.17, 15) is 14.4 Å². The maximum Gasteiger partial charge on any atom is 0.326 e. The Bertz CT molecular complexity index is 550.